The normalized spacial score (nSPS) is 11.0. The van der Waals surface area contributed by atoms with Gasteiger partial charge in [-0.25, -0.2) is 4.98 Å². The zero-order chi connectivity index (χ0) is 12.5. The second-order valence-corrected chi connectivity index (χ2v) is 6.18. The molecule has 90 valence electrons. The Bertz CT molecular complexity index is 704. The highest BCUT2D eigenvalue weighted by Crippen LogP contribution is 2.18. The van der Waals surface area contributed by atoms with Crippen LogP contribution in [-0.2, 0) is 6.54 Å². The largest absolute Gasteiger partial charge is 0.321 e. The van der Waals surface area contributed by atoms with Crippen LogP contribution in [0.3, 0.4) is 0 Å². The Morgan fingerprint density at radius 2 is 1.78 bits per heavy atom. The molecule has 3 rings (SSSR count). The van der Waals surface area contributed by atoms with E-state index in [0.29, 0.717) is 0 Å². The molecule has 0 aliphatic rings. The van der Waals surface area contributed by atoms with Crippen molar-refractivity contribution >= 4 is 56.0 Å². The van der Waals surface area contributed by atoms with E-state index < -0.39 is 0 Å². The summed E-state index contributed by atoms with van der Waals surface area (Å²) in [5, 5.41) is 2.58. The lowest BCUT2D eigenvalue weighted by atomic mass is 10.1. The molecule has 0 atom stereocenters. The predicted octanol–water partition coefficient (Wildman–Crippen LogP) is 4.29. The van der Waals surface area contributed by atoms with Crippen molar-refractivity contribution in [3.8, 4) is 0 Å². The van der Waals surface area contributed by atoms with Gasteiger partial charge < -0.3 is 4.57 Å². The average molecular weight is 460 g/mol. The number of hydrogen-bond acceptors (Lipinski definition) is 1. The van der Waals surface area contributed by atoms with Crippen molar-refractivity contribution in [1.29, 1.82) is 0 Å². The van der Waals surface area contributed by atoms with Crippen molar-refractivity contribution < 1.29 is 0 Å². The molecule has 1 heterocycles. The van der Waals surface area contributed by atoms with Gasteiger partial charge in [0, 0.05) is 6.54 Å². The van der Waals surface area contributed by atoms with Gasteiger partial charge in [-0.15, -0.1) is 0 Å². The number of rotatable bonds is 2. The number of hydrogen-bond donors (Lipinski definition) is 0. The Morgan fingerprint density at radius 1 is 1.00 bits per heavy atom. The SMILES string of the molecule is Ic1ncn(Cc2ccc3ccccc3c2)c1I. The summed E-state index contributed by atoms with van der Waals surface area (Å²) in [6.07, 6.45) is 1.90. The molecule has 0 aliphatic heterocycles. The van der Waals surface area contributed by atoms with Gasteiger partial charge in [-0.1, -0.05) is 36.4 Å². The molecule has 1 aromatic heterocycles. The first kappa shape index (κ1) is 12.4. The number of halogens is 2. The van der Waals surface area contributed by atoms with Crippen LogP contribution in [0.4, 0.5) is 0 Å². The first-order valence-corrected chi connectivity index (χ1v) is 7.73. The maximum atomic E-state index is 4.32. The Morgan fingerprint density at radius 3 is 2.50 bits per heavy atom. The van der Waals surface area contributed by atoms with Crippen molar-refractivity contribution in [2.45, 2.75) is 6.54 Å². The molecular formula is C14H10I2N2. The number of imidazole rings is 1. The summed E-state index contributed by atoms with van der Waals surface area (Å²) in [6, 6.07) is 15.1. The van der Waals surface area contributed by atoms with Gasteiger partial charge in [0.25, 0.3) is 0 Å². The molecule has 0 N–H and O–H groups in total. The number of nitrogens with zero attached hydrogens (tertiary/aromatic N) is 2. The summed E-state index contributed by atoms with van der Waals surface area (Å²) in [5.74, 6) is 0. The van der Waals surface area contributed by atoms with Crippen LogP contribution in [0.15, 0.2) is 48.8 Å². The van der Waals surface area contributed by atoms with E-state index in [9.17, 15) is 0 Å². The van der Waals surface area contributed by atoms with Gasteiger partial charge in [-0.3, -0.25) is 0 Å². The van der Waals surface area contributed by atoms with Crippen LogP contribution < -0.4 is 0 Å². The highest BCUT2D eigenvalue weighted by Gasteiger charge is 2.05. The molecule has 18 heavy (non-hydrogen) atoms. The van der Waals surface area contributed by atoms with E-state index in [0.717, 1.165) is 10.2 Å². The topological polar surface area (TPSA) is 17.8 Å². The van der Waals surface area contributed by atoms with Gasteiger partial charge >= 0.3 is 0 Å². The molecular weight excluding hydrogens is 450 g/mol. The van der Waals surface area contributed by atoms with E-state index in [2.05, 4.69) is 97.2 Å². The second-order valence-electron chi connectivity index (χ2n) is 4.14. The molecule has 0 amide bonds. The van der Waals surface area contributed by atoms with Crippen LogP contribution in [-0.4, -0.2) is 9.55 Å². The summed E-state index contributed by atoms with van der Waals surface area (Å²) in [4.78, 5) is 4.32. The molecule has 0 unspecified atom stereocenters. The van der Waals surface area contributed by atoms with E-state index in [1.807, 2.05) is 6.33 Å². The lowest BCUT2D eigenvalue weighted by Gasteiger charge is -2.06. The molecule has 0 spiro atoms. The standard InChI is InChI=1S/C14H10I2N2/c15-13-14(16)18(9-17-13)8-10-5-6-11-3-1-2-4-12(11)7-10/h1-7,9H,8H2. The van der Waals surface area contributed by atoms with Gasteiger partial charge in [0.2, 0.25) is 0 Å². The molecule has 0 bridgehead atoms. The molecule has 0 saturated carbocycles. The third kappa shape index (κ3) is 2.40. The van der Waals surface area contributed by atoms with E-state index in [4.69, 9.17) is 0 Å². The first-order valence-electron chi connectivity index (χ1n) is 5.58. The lowest BCUT2D eigenvalue weighted by Crippen LogP contribution is -2.00. The number of benzene rings is 2. The molecule has 4 heteroatoms. The first-order chi connectivity index (χ1) is 8.74. The zero-order valence-corrected chi connectivity index (χ0v) is 13.8. The fourth-order valence-corrected chi connectivity index (χ4v) is 2.86. The predicted molar refractivity (Wildman–Crippen MR) is 90.7 cm³/mol. The fourth-order valence-electron chi connectivity index (χ4n) is 1.99. The van der Waals surface area contributed by atoms with Gasteiger partial charge in [-0.05, 0) is 67.6 Å². The smallest absolute Gasteiger partial charge is 0.132 e. The summed E-state index contributed by atoms with van der Waals surface area (Å²) in [6.45, 7) is 0.874. The van der Waals surface area contributed by atoms with Crippen LogP contribution in [0.5, 0.6) is 0 Å². The zero-order valence-electron chi connectivity index (χ0n) is 9.48. The third-order valence-corrected chi connectivity index (χ3v) is 5.85. The summed E-state index contributed by atoms with van der Waals surface area (Å²) < 4.78 is 4.43. The van der Waals surface area contributed by atoms with Gasteiger partial charge in [0.1, 0.15) is 7.40 Å². The minimum Gasteiger partial charge on any atom is -0.321 e. The van der Waals surface area contributed by atoms with Crippen LogP contribution in [0.25, 0.3) is 10.8 Å². The van der Waals surface area contributed by atoms with Crippen LogP contribution in [0.2, 0.25) is 0 Å². The number of fused-ring (bicyclic) bond motifs is 1. The Kier molecular flexibility index (Phi) is 3.56. The van der Waals surface area contributed by atoms with E-state index >= 15 is 0 Å². The molecule has 3 aromatic rings. The monoisotopic (exact) mass is 460 g/mol. The molecule has 0 fully saturated rings. The van der Waals surface area contributed by atoms with E-state index in [1.54, 1.807) is 0 Å². The summed E-state index contributed by atoms with van der Waals surface area (Å²) >= 11 is 4.60. The Hall–Kier alpha value is -0.630. The van der Waals surface area contributed by atoms with Crippen LogP contribution >= 0.6 is 45.2 Å². The highest BCUT2D eigenvalue weighted by molar-refractivity contribution is 14.1. The molecule has 0 aliphatic carbocycles. The van der Waals surface area contributed by atoms with Crippen LogP contribution in [0.1, 0.15) is 5.56 Å². The van der Waals surface area contributed by atoms with Crippen molar-refractivity contribution in [2.75, 3.05) is 0 Å². The van der Waals surface area contributed by atoms with Crippen LogP contribution in [0, 0.1) is 7.40 Å². The maximum Gasteiger partial charge on any atom is 0.132 e. The molecule has 2 aromatic carbocycles. The molecule has 0 radical (unpaired) electrons. The fraction of sp³-hybridized carbons (Fsp3) is 0.0714. The van der Waals surface area contributed by atoms with Crippen molar-refractivity contribution in [3.05, 3.63) is 61.8 Å². The Balaban J connectivity index is 1.98. The highest BCUT2D eigenvalue weighted by atomic mass is 127. The third-order valence-electron chi connectivity index (χ3n) is 2.90. The van der Waals surface area contributed by atoms with Crippen molar-refractivity contribution in [2.24, 2.45) is 0 Å². The van der Waals surface area contributed by atoms with E-state index in [1.165, 1.54) is 20.0 Å². The Labute approximate surface area is 133 Å². The number of aromatic nitrogens is 2. The van der Waals surface area contributed by atoms with Gasteiger partial charge in [0.15, 0.2) is 0 Å². The van der Waals surface area contributed by atoms with Gasteiger partial charge in [-0.2, -0.15) is 0 Å². The van der Waals surface area contributed by atoms with E-state index in [-0.39, 0.29) is 0 Å². The average Bonchev–Trinajstić information content (AvgIpc) is 2.71. The summed E-state index contributed by atoms with van der Waals surface area (Å²) in [7, 11) is 0. The maximum absolute atomic E-state index is 4.32. The minimum absolute atomic E-state index is 0.874. The minimum atomic E-state index is 0.874. The summed E-state index contributed by atoms with van der Waals surface area (Å²) in [5.41, 5.74) is 1.31. The molecule has 2 nitrogen and oxygen atoms in total. The van der Waals surface area contributed by atoms with Gasteiger partial charge in [0.05, 0.1) is 6.33 Å². The van der Waals surface area contributed by atoms with Crippen molar-refractivity contribution in [3.63, 3.8) is 0 Å². The lowest BCUT2D eigenvalue weighted by molar-refractivity contribution is 0.778. The van der Waals surface area contributed by atoms with Crippen molar-refractivity contribution in [1.82, 2.24) is 9.55 Å². The quantitative estimate of drug-likeness (QED) is 0.522. The molecule has 0 saturated heterocycles. The second kappa shape index (κ2) is 5.16.